The summed E-state index contributed by atoms with van der Waals surface area (Å²) in [6.07, 6.45) is 4.05. The van der Waals surface area contributed by atoms with Gasteiger partial charge >= 0.3 is 0 Å². The van der Waals surface area contributed by atoms with Crippen molar-refractivity contribution < 1.29 is 9.47 Å². The molecule has 184 valence electrons. The van der Waals surface area contributed by atoms with E-state index in [9.17, 15) is 0 Å². The highest BCUT2D eigenvalue weighted by atomic mass is 127. The Kier molecular flexibility index (Phi) is 6.89. The summed E-state index contributed by atoms with van der Waals surface area (Å²) in [6.45, 7) is 8.91. The standard InChI is InChI=1S/C24H29IN8O2/c1-3-21(31-9-13-35-14-10-31)4-2-20(1)27-24-28-23-16-25-15-22(33(23)29-24)19-17-26-32(18-19)6-5-30-7-11-34-12-8-30/h1-4,15-18H,5-14H2,(H,27,29). The molecule has 0 atom stereocenters. The highest BCUT2D eigenvalue weighted by Gasteiger charge is 2.18. The number of benzene rings is 1. The van der Waals surface area contributed by atoms with Crippen LogP contribution in [0.2, 0.25) is 0 Å². The Labute approximate surface area is 214 Å². The lowest BCUT2D eigenvalue weighted by molar-refractivity contribution is 0.0360. The van der Waals surface area contributed by atoms with Gasteiger partial charge in [-0.3, -0.25) is 9.58 Å². The van der Waals surface area contributed by atoms with E-state index in [1.165, 1.54) is 5.69 Å². The van der Waals surface area contributed by atoms with Crippen LogP contribution < -0.4 is 10.2 Å². The van der Waals surface area contributed by atoms with Crippen molar-refractivity contribution in [3.8, 4) is 0 Å². The molecule has 0 spiro atoms. The summed E-state index contributed by atoms with van der Waals surface area (Å²) in [5, 5.41) is 12.7. The minimum Gasteiger partial charge on any atom is -0.379 e. The Hall–Kier alpha value is -2.61. The van der Waals surface area contributed by atoms with E-state index in [1.807, 2.05) is 15.6 Å². The van der Waals surface area contributed by atoms with Gasteiger partial charge in [0.05, 0.1) is 44.9 Å². The molecule has 10 nitrogen and oxygen atoms in total. The molecule has 2 saturated heterocycles. The summed E-state index contributed by atoms with van der Waals surface area (Å²) in [5.74, 6) is 1.50. The van der Waals surface area contributed by atoms with E-state index in [2.05, 4.69) is 58.8 Å². The van der Waals surface area contributed by atoms with Crippen molar-refractivity contribution in [1.29, 1.82) is 0 Å². The first-order valence-electron chi connectivity index (χ1n) is 12.0. The minimum absolute atomic E-state index is 0.223. The lowest BCUT2D eigenvalue weighted by atomic mass is 10.2. The molecule has 11 heteroatoms. The Morgan fingerprint density at radius 1 is 0.943 bits per heavy atom. The summed E-state index contributed by atoms with van der Waals surface area (Å²) < 4.78 is 19.3. The van der Waals surface area contributed by atoms with Crippen LogP contribution in [-0.4, -0.2) is 92.6 Å². The number of halogens is 1. The monoisotopic (exact) mass is 588 g/mol. The number of hydrogen-bond donors (Lipinski definition) is 1. The van der Waals surface area contributed by atoms with Crippen molar-refractivity contribution in [2.45, 2.75) is 6.54 Å². The number of fused-ring (bicyclic) bond motifs is 1. The Balaban J connectivity index is 1.12. The van der Waals surface area contributed by atoms with Gasteiger partial charge in [-0.05, 0) is 28.3 Å². The topological polar surface area (TPSA) is 85.5 Å². The van der Waals surface area contributed by atoms with Crippen molar-refractivity contribution in [3.05, 3.63) is 52.1 Å². The van der Waals surface area contributed by atoms with Crippen LogP contribution in [0.4, 0.5) is 17.3 Å². The maximum absolute atomic E-state index is 5.45. The number of aromatic nitrogens is 5. The van der Waals surface area contributed by atoms with Gasteiger partial charge in [-0.15, -0.1) is 5.10 Å². The maximum Gasteiger partial charge on any atom is 0.247 e. The van der Waals surface area contributed by atoms with Gasteiger partial charge in [-0.1, -0.05) is 20.7 Å². The molecule has 0 saturated carbocycles. The van der Waals surface area contributed by atoms with E-state index in [0.717, 1.165) is 88.5 Å². The normalized spacial score (nSPS) is 18.6. The van der Waals surface area contributed by atoms with E-state index < -0.39 is 0 Å². The lowest BCUT2D eigenvalue weighted by Crippen LogP contribution is -2.38. The Bertz CT molecular complexity index is 1210. The summed E-state index contributed by atoms with van der Waals surface area (Å²) in [7, 11) is 0. The fourth-order valence-electron chi connectivity index (χ4n) is 4.40. The predicted molar refractivity (Wildman–Crippen MR) is 145 cm³/mol. The fraction of sp³-hybridized carbons (Fsp3) is 0.417. The third-order valence-corrected chi connectivity index (χ3v) is 8.23. The summed E-state index contributed by atoms with van der Waals surface area (Å²) in [5.41, 5.74) is 4.33. The van der Waals surface area contributed by atoms with Crippen LogP contribution >= 0.6 is 20.7 Å². The van der Waals surface area contributed by atoms with Crippen molar-refractivity contribution in [1.82, 2.24) is 29.4 Å². The number of nitrogens with one attached hydrogen (secondary N) is 1. The number of hydrogen-bond acceptors (Lipinski definition) is 8. The third-order valence-electron chi connectivity index (χ3n) is 6.37. The second-order valence-corrected chi connectivity index (χ2v) is 10.6. The van der Waals surface area contributed by atoms with Crippen molar-refractivity contribution in [3.63, 3.8) is 0 Å². The van der Waals surface area contributed by atoms with Crippen LogP contribution in [0.25, 0.3) is 5.70 Å². The molecule has 2 aromatic heterocycles. The molecule has 0 unspecified atom stereocenters. The van der Waals surface area contributed by atoms with Gasteiger partial charge in [0.2, 0.25) is 5.95 Å². The second kappa shape index (κ2) is 10.6. The fourth-order valence-corrected chi connectivity index (χ4v) is 6.27. The highest BCUT2D eigenvalue weighted by molar-refractivity contribution is 14.2. The van der Waals surface area contributed by atoms with Crippen molar-refractivity contribution >= 4 is 47.8 Å². The zero-order valence-corrected chi connectivity index (χ0v) is 21.7. The number of morpholine rings is 2. The number of ether oxygens (including phenoxy) is 2. The van der Waals surface area contributed by atoms with E-state index in [-0.39, 0.29) is 20.7 Å². The molecule has 2 fully saturated rings. The molecule has 5 heterocycles. The second-order valence-electron chi connectivity index (χ2n) is 8.65. The van der Waals surface area contributed by atoms with E-state index in [4.69, 9.17) is 19.6 Å². The molecule has 1 aromatic carbocycles. The molecular formula is C24H29IN8O2. The zero-order chi connectivity index (χ0) is 23.5. The van der Waals surface area contributed by atoms with Gasteiger partial charge in [0.15, 0.2) is 5.82 Å². The Morgan fingerprint density at radius 3 is 2.51 bits per heavy atom. The molecule has 6 rings (SSSR count). The van der Waals surface area contributed by atoms with Crippen LogP contribution in [0, 0.1) is 0 Å². The van der Waals surface area contributed by atoms with E-state index >= 15 is 0 Å². The summed E-state index contributed by atoms with van der Waals surface area (Å²) >= 11 is -0.223. The summed E-state index contributed by atoms with van der Waals surface area (Å²) in [6, 6.07) is 8.43. The third kappa shape index (κ3) is 5.32. The van der Waals surface area contributed by atoms with Crippen LogP contribution in [0.15, 0.2) is 40.7 Å². The minimum atomic E-state index is -0.223. The first-order chi connectivity index (χ1) is 17.3. The van der Waals surface area contributed by atoms with Gasteiger partial charge in [-0.2, -0.15) is 10.1 Å². The average molecular weight is 588 g/mol. The molecule has 3 aliphatic heterocycles. The highest BCUT2D eigenvalue weighted by Crippen LogP contribution is 2.27. The number of nitrogens with zero attached hydrogens (tertiary/aromatic N) is 7. The molecule has 1 N–H and O–H groups in total. The van der Waals surface area contributed by atoms with Crippen LogP contribution in [0.3, 0.4) is 0 Å². The smallest absolute Gasteiger partial charge is 0.247 e. The maximum atomic E-state index is 5.45. The summed E-state index contributed by atoms with van der Waals surface area (Å²) in [4.78, 5) is 9.51. The number of anilines is 3. The van der Waals surface area contributed by atoms with Gasteiger partial charge in [0, 0.05) is 59.9 Å². The van der Waals surface area contributed by atoms with Crippen molar-refractivity contribution in [2.24, 2.45) is 0 Å². The predicted octanol–water partition coefficient (Wildman–Crippen LogP) is 2.37. The average Bonchev–Trinajstić information content (AvgIpc) is 3.56. The molecule has 3 aliphatic rings. The van der Waals surface area contributed by atoms with E-state index in [1.54, 1.807) is 0 Å². The molecule has 0 amide bonds. The van der Waals surface area contributed by atoms with Gasteiger partial charge in [0.1, 0.15) is 0 Å². The Morgan fingerprint density at radius 2 is 1.71 bits per heavy atom. The van der Waals surface area contributed by atoms with Crippen LogP contribution in [-0.2, 0) is 16.0 Å². The van der Waals surface area contributed by atoms with Gasteiger partial charge in [0.25, 0.3) is 0 Å². The van der Waals surface area contributed by atoms with Crippen LogP contribution in [0.1, 0.15) is 11.4 Å². The first kappa shape index (κ1) is 22.8. The van der Waals surface area contributed by atoms with Gasteiger partial charge < -0.3 is 19.7 Å². The first-order valence-corrected chi connectivity index (χ1v) is 14.5. The largest absolute Gasteiger partial charge is 0.379 e. The van der Waals surface area contributed by atoms with Crippen molar-refractivity contribution in [2.75, 3.05) is 69.4 Å². The molecule has 0 radical (unpaired) electrons. The molecule has 3 aromatic rings. The quantitative estimate of drug-likeness (QED) is 0.422. The molecule has 0 bridgehead atoms. The van der Waals surface area contributed by atoms with Gasteiger partial charge in [-0.25, -0.2) is 4.68 Å². The SMILES string of the molecule is C1=IC=C(c2cnn(CCN3CCOCC3)c2)n2nc(Nc3ccc(N4CCOCC4)cc3)nc21. The lowest BCUT2D eigenvalue weighted by Gasteiger charge is -2.28. The molecular weight excluding hydrogens is 559 g/mol. The number of rotatable bonds is 7. The van der Waals surface area contributed by atoms with E-state index in [0.29, 0.717) is 5.95 Å². The molecule has 35 heavy (non-hydrogen) atoms. The van der Waals surface area contributed by atoms with Crippen LogP contribution in [0.5, 0.6) is 0 Å². The molecule has 0 aliphatic carbocycles. The zero-order valence-electron chi connectivity index (χ0n) is 19.5.